The molecule has 104 valence electrons. The third-order valence-corrected chi connectivity index (χ3v) is 2.95. The van der Waals surface area contributed by atoms with Crippen molar-refractivity contribution >= 4 is 17.6 Å². The normalized spacial score (nSPS) is 13.5. The number of benzene rings is 1. The van der Waals surface area contributed by atoms with E-state index < -0.39 is 5.41 Å². The van der Waals surface area contributed by atoms with Gasteiger partial charge in [0.1, 0.15) is 5.41 Å². The summed E-state index contributed by atoms with van der Waals surface area (Å²) in [6.07, 6.45) is 0. The lowest BCUT2D eigenvalue weighted by atomic mass is 9.82. The number of hydrogen-bond donors (Lipinski definition) is 2. The average molecular weight is 264 g/mol. The first-order valence-electron chi connectivity index (χ1n) is 6.19. The molecule has 0 saturated carbocycles. The summed E-state index contributed by atoms with van der Waals surface area (Å²) >= 11 is 0. The first-order valence-corrected chi connectivity index (χ1v) is 6.19. The number of carbonyl (C=O) groups excluding carboxylic acids is 2. The van der Waals surface area contributed by atoms with Gasteiger partial charge in [-0.15, -0.1) is 0 Å². The molecule has 1 amide bonds. The maximum Gasteiger partial charge on any atom is 0.317 e. The van der Waals surface area contributed by atoms with E-state index in [2.05, 4.69) is 5.32 Å². The molecule has 1 aromatic rings. The minimum Gasteiger partial charge on any atom is -0.465 e. The highest BCUT2D eigenvalue weighted by Crippen LogP contribution is 2.26. The van der Waals surface area contributed by atoms with E-state index in [-0.39, 0.29) is 18.4 Å². The molecule has 1 aromatic carbocycles. The molecule has 0 heterocycles. The van der Waals surface area contributed by atoms with Crippen LogP contribution < -0.4 is 11.1 Å². The smallest absolute Gasteiger partial charge is 0.317 e. The standard InChI is InChI=1S/C14H20N2O3/c1-4-19-13(18)14(3,9-15)11-6-5-7-12(8-11)16-10(2)17/h5-8H,4,9,15H2,1-3H3,(H,16,17). The summed E-state index contributed by atoms with van der Waals surface area (Å²) < 4.78 is 5.07. The zero-order valence-electron chi connectivity index (χ0n) is 11.5. The lowest BCUT2D eigenvalue weighted by molar-refractivity contribution is -0.149. The van der Waals surface area contributed by atoms with E-state index in [0.29, 0.717) is 12.3 Å². The Morgan fingerprint density at radius 2 is 2.11 bits per heavy atom. The minimum atomic E-state index is -0.912. The zero-order valence-corrected chi connectivity index (χ0v) is 11.5. The van der Waals surface area contributed by atoms with E-state index in [4.69, 9.17) is 10.5 Å². The molecule has 0 aliphatic carbocycles. The van der Waals surface area contributed by atoms with Crippen LogP contribution in [-0.4, -0.2) is 25.0 Å². The van der Waals surface area contributed by atoms with Gasteiger partial charge in [-0.1, -0.05) is 12.1 Å². The van der Waals surface area contributed by atoms with Gasteiger partial charge < -0.3 is 15.8 Å². The summed E-state index contributed by atoms with van der Waals surface area (Å²) in [4.78, 5) is 23.1. The largest absolute Gasteiger partial charge is 0.465 e. The highest BCUT2D eigenvalue weighted by molar-refractivity contribution is 5.89. The van der Waals surface area contributed by atoms with Crippen molar-refractivity contribution in [3.8, 4) is 0 Å². The summed E-state index contributed by atoms with van der Waals surface area (Å²) in [5.41, 5.74) is 6.18. The van der Waals surface area contributed by atoms with Gasteiger partial charge in [-0.2, -0.15) is 0 Å². The maximum absolute atomic E-state index is 12.0. The Hall–Kier alpha value is -1.88. The Balaban J connectivity index is 3.10. The topological polar surface area (TPSA) is 81.4 Å². The molecule has 0 aromatic heterocycles. The number of carbonyl (C=O) groups is 2. The predicted octanol–water partition coefficient (Wildman–Crippen LogP) is 1.42. The summed E-state index contributed by atoms with van der Waals surface area (Å²) in [5.74, 6) is -0.528. The van der Waals surface area contributed by atoms with Gasteiger partial charge in [0.05, 0.1) is 6.61 Å². The van der Waals surface area contributed by atoms with Gasteiger partial charge in [-0.25, -0.2) is 0 Å². The van der Waals surface area contributed by atoms with Crippen LogP contribution in [0, 0.1) is 0 Å². The van der Waals surface area contributed by atoms with Crippen LogP contribution in [0.3, 0.4) is 0 Å². The Bertz CT molecular complexity index is 474. The van der Waals surface area contributed by atoms with Crippen molar-refractivity contribution in [2.45, 2.75) is 26.2 Å². The minimum absolute atomic E-state index is 0.134. The number of hydrogen-bond acceptors (Lipinski definition) is 4. The second-order valence-corrected chi connectivity index (χ2v) is 4.52. The maximum atomic E-state index is 12.0. The van der Waals surface area contributed by atoms with Crippen molar-refractivity contribution in [2.24, 2.45) is 5.73 Å². The summed E-state index contributed by atoms with van der Waals surface area (Å²) in [7, 11) is 0. The number of esters is 1. The van der Waals surface area contributed by atoms with Gasteiger partial charge >= 0.3 is 5.97 Å². The molecule has 5 nitrogen and oxygen atoms in total. The van der Waals surface area contributed by atoms with E-state index in [0.717, 1.165) is 5.56 Å². The Labute approximate surface area is 113 Å². The van der Waals surface area contributed by atoms with E-state index in [1.807, 2.05) is 0 Å². The Morgan fingerprint density at radius 3 is 2.63 bits per heavy atom. The van der Waals surface area contributed by atoms with Crippen molar-refractivity contribution in [1.29, 1.82) is 0 Å². The van der Waals surface area contributed by atoms with Crippen molar-refractivity contribution < 1.29 is 14.3 Å². The van der Waals surface area contributed by atoms with Crippen molar-refractivity contribution in [1.82, 2.24) is 0 Å². The summed E-state index contributed by atoms with van der Waals surface area (Å²) in [6.45, 7) is 5.36. The van der Waals surface area contributed by atoms with Crippen molar-refractivity contribution in [3.05, 3.63) is 29.8 Å². The SMILES string of the molecule is CCOC(=O)C(C)(CN)c1cccc(NC(C)=O)c1. The van der Waals surface area contributed by atoms with E-state index in [1.54, 1.807) is 38.1 Å². The lowest BCUT2D eigenvalue weighted by Crippen LogP contribution is -2.41. The number of anilines is 1. The van der Waals surface area contributed by atoms with E-state index >= 15 is 0 Å². The fourth-order valence-electron chi connectivity index (χ4n) is 1.75. The number of ether oxygens (including phenoxy) is 1. The highest BCUT2D eigenvalue weighted by atomic mass is 16.5. The molecule has 0 saturated heterocycles. The van der Waals surface area contributed by atoms with E-state index in [9.17, 15) is 9.59 Å². The predicted molar refractivity (Wildman–Crippen MR) is 73.8 cm³/mol. The van der Waals surface area contributed by atoms with Crippen molar-refractivity contribution in [2.75, 3.05) is 18.5 Å². The molecule has 1 rings (SSSR count). The van der Waals surface area contributed by atoms with Crippen LogP contribution in [0.2, 0.25) is 0 Å². The molecule has 0 radical (unpaired) electrons. The molecule has 0 fully saturated rings. The molecular weight excluding hydrogens is 244 g/mol. The molecule has 0 bridgehead atoms. The van der Waals surface area contributed by atoms with Gasteiger partial charge in [0.2, 0.25) is 5.91 Å². The lowest BCUT2D eigenvalue weighted by Gasteiger charge is -2.26. The quantitative estimate of drug-likeness (QED) is 0.788. The first-order chi connectivity index (χ1) is 8.93. The van der Waals surface area contributed by atoms with Gasteiger partial charge in [0.15, 0.2) is 0 Å². The van der Waals surface area contributed by atoms with Crippen molar-refractivity contribution in [3.63, 3.8) is 0 Å². The van der Waals surface area contributed by atoms with Crippen LogP contribution in [0.4, 0.5) is 5.69 Å². The number of nitrogens with one attached hydrogen (secondary N) is 1. The number of rotatable bonds is 5. The molecule has 0 spiro atoms. The second kappa shape index (κ2) is 6.33. The van der Waals surface area contributed by atoms with Gasteiger partial charge in [0, 0.05) is 19.2 Å². The van der Waals surface area contributed by atoms with Crippen LogP contribution in [0.15, 0.2) is 24.3 Å². The van der Waals surface area contributed by atoms with Gasteiger partial charge in [-0.05, 0) is 31.5 Å². The van der Waals surface area contributed by atoms with Crippen LogP contribution in [0.25, 0.3) is 0 Å². The Kier molecular flexibility index (Phi) is 5.06. The third-order valence-electron chi connectivity index (χ3n) is 2.95. The molecule has 0 aliphatic rings. The monoisotopic (exact) mass is 264 g/mol. The molecule has 1 unspecified atom stereocenters. The average Bonchev–Trinajstić information content (AvgIpc) is 2.37. The highest BCUT2D eigenvalue weighted by Gasteiger charge is 2.35. The van der Waals surface area contributed by atoms with Crippen LogP contribution >= 0.6 is 0 Å². The van der Waals surface area contributed by atoms with Crippen LogP contribution in [-0.2, 0) is 19.7 Å². The fraction of sp³-hybridized carbons (Fsp3) is 0.429. The summed E-state index contributed by atoms with van der Waals surface area (Å²) in [6, 6.07) is 7.07. The van der Waals surface area contributed by atoms with Crippen LogP contribution in [0.5, 0.6) is 0 Å². The van der Waals surface area contributed by atoms with E-state index in [1.165, 1.54) is 6.92 Å². The zero-order chi connectivity index (χ0) is 14.5. The molecule has 0 aliphatic heterocycles. The fourth-order valence-corrected chi connectivity index (χ4v) is 1.75. The number of amides is 1. The molecular formula is C14H20N2O3. The third kappa shape index (κ3) is 3.54. The summed E-state index contributed by atoms with van der Waals surface area (Å²) in [5, 5.41) is 2.68. The molecule has 3 N–H and O–H groups in total. The second-order valence-electron chi connectivity index (χ2n) is 4.52. The first kappa shape index (κ1) is 15.2. The molecule has 19 heavy (non-hydrogen) atoms. The Morgan fingerprint density at radius 1 is 1.42 bits per heavy atom. The van der Waals surface area contributed by atoms with Gasteiger partial charge in [0.25, 0.3) is 0 Å². The van der Waals surface area contributed by atoms with Crippen LogP contribution in [0.1, 0.15) is 26.3 Å². The number of nitrogens with two attached hydrogens (primary N) is 1. The molecule has 5 heteroatoms. The molecule has 1 atom stereocenters. The van der Waals surface area contributed by atoms with Gasteiger partial charge in [-0.3, -0.25) is 9.59 Å².